The smallest absolute Gasteiger partial charge is 0.326 e. The summed E-state index contributed by atoms with van der Waals surface area (Å²) in [4.78, 5) is 37.4. The number of phenols is 1. The van der Waals surface area contributed by atoms with Crippen LogP contribution in [0.1, 0.15) is 32.3 Å². The summed E-state index contributed by atoms with van der Waals surface area (Å²) in [5, 5.41) is 9.43. The molecule has 1 heterocycles. The molecule has 27 heavy (non-hydrogen) atoms. The quantitative estimate of drug-likeness (QED) is 0.359. The molecule has 0 saturated carbocycles. The number of rotatable bonds is 8. The lowest BCUT2D eigenvalue weighted by Crippen LogP contribution is -2.34. The van der Waals surface area contributed by atoms with E-state index in [0.29, 0.717) is 16.6 Å². The second-order valence-electron chi connectivity index (χ2n) is 5.62. The monoisotopic (exact) mass is 457 g/mol. The normalized spacial score (nSPS) is 15.5. The number of hydrogen-bond acceptors (Lipinski definition) is 7. The first-order valence-electron chi connectivity index (χ1n) is 8.43. The number of unbranched alkanes of at least 4 members (excludes halogenated alkanes) is 1. The van der Waals surface area contributed by atoms with Crippen LogP contribution in [0, 0.1) is 0 Å². The lowest BCUT2D eigenvalue weighted by Gasteiger charge is -2.11. The molecule has 0 aliphatic carbocycles. The highest BCUT2D eigenvalue weighted by Crippen LogP contribution is 2.38. The van der Waals surface area contributed by atoms with Gasteiger partial charge in [-0.25, -0.2) is 0 Å². The van der Waals surface area contributed by atoms with Gasteiger partial charge in [-0.15, -0.1) is 0 Å². The van der Waals surface area contributed by atoms with Crippen molar-refractivity contribution in [1.29, 1.82) is 0 Å². The minimum Gasteiger partial charge on any atom is -0.503 e. The number of carbonyl (C=O) groups is 3. The Morgan fingerprint density at radius 2 is 2.07 bits per heavy atom. The Morgan fingerprint density at radius 3 is 2.74 bits per heavy atom. The van der Waals surface area contributed by atoms with E-state index < -0.39 is 23.7 Å². The van der Waals surface area contributed by atoms with Crippen molar-refractivity contribution in [2.24, 2.45) is 0 Å². The molecule has 2 rings (SSSR count). The van der Waals surface area contributed by atoms with Crippen molar-refractivity contribution in [3.05, 3.63) is 27.1 Å². The van der Waals surface area contributed by atoms with Crippen LogP contribution < -0.4 is 4.74 Å². The molecule has 1 fully saturated rings. The van der Waals surface area contributed by atoms with Gasteiger partial charge in [0, 0.05) is 0 Å². The van der Waals surface area contributed by atoms with Crippen LogP contribution in [0.15, 0.2) is 21.5 Å². The standard InChI is InChI=1S/C18H20BrNO6S/c1-3-5-6-26-15(21)10-20-17(23)14(27-18(20)24)9-11-7-12(19)16(22)13(8-11)25-4-2/h7-9,22H,3-6,10H2,1-2H3/b14-9+. The third-order valence-corrected chi connectivity index (χ3v) is 5.08. The first kappa shape index (κ1) is 21.3. The zero-order valence-electron chi connectivity index (χ0n) is 15.0. The van der Waals surface area contributed by atoms with Gasteiger partial charge in [-0.3, -0.25) is 19.3 Å². The van der Waals surface area contributed by atoms with Crippen molar-refractivity contribution in [3.8, 4) is 11.5 Å². The van der Waals surface area contributed by atoms with Gasteiger partial charge in [0.1, 0.15) is 6.54 Å². The molecule has 0 atom stereocenters. The van der Waals surface area contributed by atoms with Gasteiger partial charge >= 0.3 is 5.97 Å². The van der Waals surface area contributed by atoms with E-state index in [2.05, 4.69) is 15.9 Å². The van der Waals surface area contributed by atoms with E-state index in [0.717, 1.165) is 29.5 Å². The van der Waals surface area contributed by atoms with Crippen LogP contribution in [0.3, 0.4) is 0 Å². The Labute approximate surface area is 169 Å². The minimum absolute atomic E-state index is 0.0445. The zero-order chi connectivity index (χ0) is 20.0. The summed E-state index contributed by atoms with van der Waals surface area (Å²) in [5.74, 6) is -0.952. The lowest BCUT2D eigenvalue weighted by atomic mass is 10.2. The second-order valence-corrected chi connectivity index (χ2v) is 7.47. The number of phenolic OH excluding ortho intramolecular Hbond substituents is 1. The molecule has 2 amide bonds. The number of nitrogens with zero attached hydrogens (tertiary/aromatic N) is 1. The fraction of sp³-hybridized carbons (Fsp3) is 0.389. The number of amides is 2. The van der Waals surface area contributed by atoms with Crippen LogP contribution >= 0.6 is 27.7 Å². The van der Waals surface area contributed by atoms with Gasteiger partial charge in [0.2, 0.25) is 0 Å². The Balaban J connectivity index is 2.15. The van der Waals surface area contributed by atoms with Gasteiger partial charge in [0.15, 0.2) is 11.5 Å². The number of esters is 1. The van der Waals surface area contributed by atoms with Crippen molar-refractivity contribution in [2.45, 2.75) is 26.7 Å². The Hall–Kier alpha value is -2.00. The van der Waals surface area contributed by atoms with Gasteiger partial charge in [-0.1, -0.05) is 13.3 Å². The number of hydrogen-bond donors (Lipinski definition) is 1. The molecule has 7 nitrogen and oxygen atoms in total. The van der Waals surface area contributed by atoms with E-state index in [1.165, 1.54) is 6.08 Å². The number of thioether (sulfide) groups is 1. The maximum atomic E-state index is 12.5. The Morgan fingerprint density at radius 1 is 1.33 bits per heavy atom. The number of imide groups is 1. The van der Waals surface area contributed by atoms with Gasteiger partial charge < -0.3 is 14.6 Å². The van der Waals surface area contributed by atoms with Gasteiger partial charge in [0.25, 0.3) is 11.1 Å². The fourth-order valence-corrected chi connectivity index (χ4v) is 3.53. The summed E-state index contributed by atoms with van der Waals surface area (Å²) < 4.78 is 10.8. The molecule has 0 bridgehead atoms. The molecule has 146 valence electrons. The molecule has 0 unspecified atom stereocenters. The highest BCUT2D eigenvalue weighted by molar-refractivity contribution is 9.10. The van der Waals surface area contributed by atoms with E-state index in [-0.39, 0.29) is 23.0 Å². The molecule has 1 aliphatic heterocycles. The number of aromatic hydroxyl groups is 1. The maximum Gasteiger partial charge on any atom is 0.326 e. The molecular weight excluding hydrogens is 438 g/mol. The summed E-state index contributed by atoms with van der Waals surface area (Å²) in [7, 11) is 0. The van der Waals surface area contributed by atoms with Crippen LogP contribution in [0.4, 0.5) is 4.79 Å². The predicted octanol–water partition coefficient (Wildman–Crippen LogP) is 3.93. The number of carbonyl (C=O) groups excluding carboxylic acids is 3. The maximum absolute atomic E-state index is 12.5. The highest BCUT2D eigenvalue weighted by Gasteiger charge is 2.36. The SMILES string of the molecule is CCCCOC(=O)CN1C(=O)S/C(=C/c2cc(Br)c(O)c(OCC)c2)C1=O. The Kier molecular flexibility index (Phi) is 7.73. The van der Waals surface area contributed by atoms with Crippen molar-refractivity contribution >= 4 is 50.9 Å². The molecule has 1 N–H and O–H groups in total. The van der Waals surface area contributed by atoms with Gasteiger partial charge in [0.05, 0.1) is 22.6 Å². The molecule has 0 spiro atoms. The number of halogens is 1. The van der Waals surface area contributed by atoms with Crippen molar-refractivity contribution in [3.63, 3.8) is 0 Å². The molecule has 1 aromatic rings. The topological polar surface area (TPSA) is 93.1 Å². The number of ether oxygens (including phenoxy) is 2. The molecule has 0 radical (unpaired) electrons. The fourth-order valence-electron chi connectivity index (χ4n) is 2.24. The van der Waals surface area contributed by atoms with Crippen LogP contribution in [0.25, 0.3) is 6.08 Å². The van der Waals surface area contributed by atoms with E-state index in [9.17, 15) is 19.5 Å². The van der Waals surface area contributed by atoms with Crippen LogP contribution in [0.5, 0.6) is 11.5 Å². The van der Waals surface area contributed by atoms with Crippen molar-refractivity contribution in [2.75, 3.05) is 19.8 Å². The van der Waals surface area contributed by atoms with Crippen LogP contribution in [-0.2, 0) is 14.3 Å². The van der Waals surface area contributed by atoms with Gasteiger partial charge in [-0.05, 0) is 64.8 Å². The molecule has 0 aromatic heterocycles. The average molecular weight is 458 g/mol. The highest BCUT2D eigenvalue weighted by atomic mass is 79.9. The third kappa shape index (κ3) is 5.49. The summed E-state index contributed by atoms with van der Waals surface area (Å²) >= 11 is 3.98. The molecule has 1 saturated heterocycles. The van der Waals surface area contributed by atoms with Crippen molar-refractivity contribution < 1.29 is 29.0 Å². The summed E-state index contributed by atoms with van der Waals surface area (Å²) in [6.07, 6.45) is 3.12. The second kappa shape index (κ2) is 9.80. The Bertz CT molecular complexity index is 779. The largest absolute Gasteiger partial charge is 0.503 e. The summed E-state index contributed by atoms with van der Waals surface area (Å²) in [6.45, 7) is 3.97. The van der Waals surface area contributed by atoms with E-state index in [4.69, 9.17) is 9.47 Å². The van der Waals surface area contributed by atoms with E-state index >= 15 is 0 Å². The average Bonchev–Trinajstić information content (AvgIpc) is 2.87. The van der Waals surface area contributed by atoms with Crippen LogP contribution in [-0.4, -0.2) is 46.9 Å². The summed E-state index contributed by atoms with van der Waals surface area (Å²) in [5.41, 5.74) is 0.569. The van der Waals surface area contributed by atoms with Crippen molar-refractivity contribution in [1.82, 2.24) is 4.90 Å². The first-order chi connectivity index (χ1) is 12.9. The predicted molar refractivity (Wildman–Crippen MR) is 106 cm³/mol. The van der Waals surface area contributed by atoms with E-state index in [1.807, 2.05) is 6.92 Å². The minimum atomic E-state index is -0.613. The zero-order valence-corrected chi connectivity index (χ0v) is 17.4. The molecular formula is C18H20BrNO6S. The molecule has 1 aliphatic rings. The van der Waals surface area contributed by atoms with Gasteiger partial charge in [-0.2, -0.15) is 0 Å². The first-order valence-corrected chi connectivity index (χ1v) is 10.0. The lowest BCUT2D eigenvalue weighted by molar-refractivity contribution is -0.146. The summed E-state index contributed by atoms with van der Waals surface area (Å²) in [6, 6.07) is 3.17. The molecule has 1 aromatic carbocycles. The molecule has 9 heteroatoms. The van der Waals surface area contributed by atoms with Crippen LogP contribution in [0.2, 0.25) is 0 Å². The van der Waals surface area contributed by atoms with E-state index in [1.54, 1.807) is 19.1 Å². The number of benzene rings is 1. The third-order valence-electron chi connectivity index (χ3n) is 3.57.